The molecule has 0 aliphatic carbocycles. The second kappa shape index (κ2) is 11.4. The van der Waals surface area contributed by atoms with Crippen molar-refractivity contribution in [3.8, 4) is 0 Å². The fourth-order valence-corrected chi connectivity index (χ4v) is 4.64. The van der Waals surface area contributed by atoms with E-state index in [1.54, 1.807) is 17.9 Å². The Hall–Kier alpha value is -3.93. The third-order valence-electron chi connectivity index (χ3n) is 6.75. The lowest BCUT2D eigenvalue weighted by Crippen LogP contribution is -2.53. The SMILES string of the molecule is CCOC(=O)C1=C(CN2CCN(C(=O)c3ccc(C(F)(F)F)cc3)CC2)N(C)C(=O)NC1c1cccc(F)c1. The van der Waals surface area contributed by atoms with Gasteiger partial charge >= 0.3 is 18.2 Å². The van der Waals surface area contributed by atoms with E-state index in [-0.39, 0.29) is 30.2 Å². The molecule has 208 valence electrons. The Morgan fingerprint density at radius 1 is 1.05 bits per heavy atom. The zero-order chi connectivity index (χ0) is 28.3. The summed E-state index contributed by atoms with van der Waals surface area (Å²) in [5.41, 5.74) is 0.308. The Labute approximate surface area is 222 Å². The number of benzene rings is 2. The number of rotatable bonds is 6. The molecule has 39 heavy (non-hydrogen) atoms. The molecule has 12 heteroatoms. The number of carbonyl (C=O) groups is 3. The van der Waals surface area contributed by atoms with Crippen LogP contribution in [0.4, 0.5) is 22.4 Å². The van der Waals surface area contributed by atoms with Gasteiger partial charge in [-0.1, -0.05) is 12.1 Å². The molecule has 0 radical (unpaired) electrons. The Balaban J connectivity index is 1.52. The van der Waals surface area contributed by atoms with Crippen LogP contribution in [0.3, 0.4) is 0 Å². The molecule has 0 bridgehead atoms. The molecule has 2 aliphatic heterocycles. The average Bonchev–Trinajstić information content (AvgIpc) is 2.91. The molecule has 2 aromatic rings. The van der Waals surface area contributed by atoms with Gasteiger partial charge in [0.25, 0.3) is 5.91 Å². The highest BCUT2D eigenvalue weighted by molar-refractivity contribution is 5.95. The smallest absolute Gasteiger partial charge is 0.416 e. The van der Waals surface area contributed by atoms with Gasteiger partial charge in [0, 0.05) is 51.0 Å². The quantitative estimate of drug-likeness (QED) is 0.439. The van der Waals surface area contributed by atoms with E-state index in [2.05, 4.69) is 5.32 Å². The Kier molecular flexibility index (Phi) is 8.24. The topological polar surface area (TPSA) is 82.2 Å². The van der Waals surface area contributed by atoms with Gasteiger partial charge in [-0.2, -0.15) is 13.2 Å². The van der Waals surface area contributed by atoms with Crippen LogP contribution >= 0.6 is 0 Å². The van der Waals surface area contributed by atoms with Crippen LogP contribution in [-0.2, 0) is 15.7 Å². The lowest BCUT2D eigenvalue weighted by Gasteiger charge is -2.39. The molecular weight excluding hydrogens is 520 g/mol. The molecule has 1 unspecified atom stereocenters. The summed E-state index contributed by atoms with van der Waals surface area (Å²) in [6.45, 7) is 3.34. The summed E-state index contributed by atoms with van der Waals surface area (Å²) < 4.78 is 57.8. The van der Waals surface area contributed by atoms with Crippen LogP contribution in [0, 0.1) is 5.82 Å². The lowest BCUT2D eigenvalue weighted by molar-refractivity contribution is -0.139. The number of halogens is 4. The van der Waals surface area contributed by atoms with Crippen LogP contribution < -0.4 is 5.32 Å². The van der Waals surface area contributed by atoms with Crippen LogP contribution in [-0.4, -0.2) is 79.0 Å². The second-order valence-corrected chi connectivity index (χ2v) is 9.22. The predicted octanol–water partition coefficient (Wildman–Crippen LogP) is 3.82. The highest BCUT2D eigenvalue weighted by atomic mass is 19.4. The maximum Gasteiger partial charge on any atom is 0.416 e. The molecule has 2 aromatic carbocycles. The van der Waals surface area contributed by atoms with Crippen molar-refractivity contribution in [2.75, 3.05) is 46.4 Å². The number of nitrogens with one attached hydrogen (secondary N) is 1. The van der Waals surface area contributed by atoms with Crippen LogP contribution in [0.2, 0.25) is 0 Å². The number of urea groups is 1. The molecule has 3 amide bonds. The van der Waals surface area contributed by atoms with Gasteiger partial charge in [-0.25, -0.2) is 14.0 Å². The first kappa shape index (κ1) is 28.1. The molecule has 1 saturated heterocycles. The summed E-state index contributed by atoms with van der Waals surface area (Å²) in [7, 11) is 1.52. The van der Waals surface area contributed by atoms with Crippen LogP contribution in [0.25, 0.3) is 0 Å². The van der Waals surface area contributed by atoms with Gasteiger partial charge in [0.1, 0.15) is 5.82 Å². The third-order valence-corrected chi connectivity index (χ3v) is 6.75. The third kappa shape index (κ3) is 6.22. The highest BCUT2D eigenvalue weighted by Crippen LogP contribution is 2.32. The van der Waals surface area contributed by atoms with Crippen molar-refractivity contribution in [1.82, 2.24) is 20.0 Å². The molecule has 2 heterocycles. The van der Waals surface area contributed by atoms with Crippen molar-refractivity contribution in [1.29, 1.82) is 0 Å². The van der Waals surface area contributed by atoms with E-state index in [1.807, 2.05) is 4.90 Å². The molecule has 0 spiro atoms. The fraction of sp³-hybridized carbons (Fsp3) is 0.370. The van der Waals surface area contributed by atoms with Gasteiger partial charge in [0.15, 0.2) is 0 Å². The lowest BCUT2D eigenvalue weighted by atomic mass is 9.94. The van der Waals surface area contributed by atoms with Gasteiger partial charge in [-0.15, -0.1) is 0 Å². The number of nitrogens with zero attached hydrogens (tertiary/aromatic N) is 3. The van der Waals surface area contributed by atoms with E-state index in [4.69, 9.17) is 4.74 Å². The Morgan fingerprint density at radius 3 is 2.31 bits per heavy atom. The number of hydrogen-bond acceptors (Lipinski definition) is 5. The normalized spacial score (nSPS) is 18.7. The van der Waals surface area contributed by atoms with Crippen molar-refractivity contribution in [3.63, 3.8) is 0 Å². The minimum absolute atomic E-state index is 0.105. The molecular formula is C27H28F4N4O4. The van der Waals surface area contributed by atoms with Crippen LogP contribution in [0.1, 0.15) is 34.5 Å². The molecule has 0 aromatic heterocycles. The van der Waals surface area contributed by atoms with Gasteiger partial charge in [0.2, 0.25) is 0 Å². The zero-order valence-corrected chi connectivity index (χ0v) is 21.4. The summed E-state index contributed by atoms with van der Waals surface area (Å²) in [4.78, 5) is 43.6. The molecule has 2 aliphatic rings. The van der Waals surface area contributed by atoms with E-state index in [1.165, 1.54) is 30.1 Å². The summed E-state index contributed by atoms with van der Waals surface area (Å²) in [6.07, 6.45) is -4.48. The van der Waals surface area contributed by atoms with Crippen LogP contribution in [0.15, 0.2) is 59.8 Å². The van der Waals surface area contributed by atoms with E-state index in [0.717, 1.165) is 24.3 Å². The Morgan fingerprint density at radius 2 is 1.72 bits per heavy atom. The van der Waals surface area contributed by atoms with Crippen molar-refractivity contribution >= 4 is 17.9 Å². The van der Waals surface area contributed by atoms with Crippen LogP contribution in [0.5, 0.6) is 0 Å². The van der Waals surface area contributed by atoms with Gasteiger partial charge < -0.3 is 15.0 Å². The number of ether oxygens (including phenoxy) is 1. The summed E-state index contributed by atoms with van der Waals surface area (Å²) in [6, 6.07) is 8.32. The average molecular weight is 549 g/mol. The largest absolute Gasteiger partial charge is 0.463 e. The number of piperazine rings is 1. The van der Waals surface area contributed by atoms with Gasteiger partial charge in [-0.3, -0.25) is 14.6 Å². The monoisotopic (exact) mass is 548 g/mol. The molecule has 0 saturated carbocycles. The summed E-state index contributed by atoms with van der Waals surface area (Å²) in [5.74, 6) is -1.53. The summed E-state index contributed by atoms with van der Waals surface area (Å²) >= 11 is 0. The molecule has 8 nitrogen and oxygen atoms in total. The molecule has 1 atom stereocenters. The van der Waals surface area contributed by atoms with Crippen molar-refractivity contribution in [2.24, 2.45) is 0 Å². The van der Waals surface area contributed by atoms with Crippen molar-refractivity contribution in [2.45, 2.75) is 19.1 Å². The first-order chi connectivity index (χ1) is 18.5. The first-order valence-electron chi connectivity index (χ1n) is 12.4. The van der Waals surface area contributed by atoms with Crippen molar-refractivity contribution < 1.29 is 36.7 Å². The number of likely N-dealkylation sites (N-methyl/N-ethyl adjacent to an activating group) is 1. The summed E-state index contributed by atoms with van der Waals surface area (Å²) in [5, 5.41) is 2.74. The zero-order valence-electron chi connectivity index (χ0n) is 21.4. The van der Waals surface area contributed by atoms with Crippen molar-refractivity contribution in [3.05, 3.63) is 82.3 Å². The van der Waals surface area contributed by atoms with E-state index in [9.17, 15) is 31.9 Å². The standard InChI is InChI=1S/C27H28F4N4O4/c1-3-39-25(37)22-21(33(2)26(38)32-23(22)18-5-4-6-20(28)15-18)16-34-11-13-35(14-12-34)24(36)17-7-9-19(10-8-17)27(29,30)31/h4-10,15,23H,3,11-14,16H2,1-2H3,(H,32,38). The minimum Gasteiger partial charge on any atom is -0.463 e. The highest BCUT2D eigenvalue weighted by Gasteiger charge is 2.38. The molecule has 4 rings (SSSR count). The molecule has 1 fully saturated rings. The Bertz CT molecular complexity index is 1270. The number of hydrogen-bond donors (Lipinski definition) is 1. The number of esters is 1. The number of alkyl halides is 3. The maximum atomic E-state index is 14.0. The second-order valence-electron chi connectivity index (χ2n) is 9.22. The number of carbonyl (C=O) groups excluding carboxylic acids is 3. The minimum atomic E-state index is -4.48. The first-order valence-corrected chi connectivity index (χ1v) is 12.4. The van der Waals surface area contributed by atoms with E-state index in [0.29, 0.717) is 37.4 Å². The van der Waals surface area contributed by atoms with E-state index >= 15 is 0 Å². The van der Waals surface area contributed by atoms with Gasteiger partial charge in [-0.05, 0) is 48.9 Å². The molecule has 1 N–H and O–H groups in total. The fourth-order valence-electron chi connectivity index (χ4n) is 4.64. The van der Waals surface area contributed by atoms with E-state index < -0.39 is 35.6 Å². The maximum absolute atomic E-state index is 14.0. The van der Waals surface area contributed by atoms with Gasteiger partial charge in [0.05, 0.1) is 23.8 Å². The predicted molar refractivity (Wildman–Crippen MR) is 133 cm³/mol. The number of amides is 3.